The number of nitrogens with zero attached hydrogens (tertiary/aromatic N) is 3. The fourth-order valence-corrected chi connectivity index (χ4v) is 2.94. The van der Waals surface area contributed by atoms with Gasteiger partial charge in [0.2, 0.25) is 11.1 Å². The number of ether oxygens (including phenoxy) is 1. The molecule has 112 valence electrons. The third kappa shape index (κ3) is 4.49. The zero-order chi connectivity index (χ0) is 14.4. The summed E-state index contributed by atoms with van der Waals surface area (Å²) >= 11 is 1.38. The Morgan fingerprint density at radius 3 is 3.15 bits per heavy atom. The van der Waals surface area contributed by atoms with Crippen LogP contribution in [0.5, 0.6) is 0 Å². The normalized spacial score (nSPS) is 19.3. The molecular weight excluding hydrogens is 276 g/mol. The number of carbonyl (C=O) groups excluding carboxylic acids is 1. The number of hydrogen-bond donors (Lipinski definition) is 1. The van der Waals surface area contributed by atoms with Crippen LogP contribution >= 0.6 is 11.8 Å². The molecule has 1 aliphatic rings. The molecule has 1 atom stereocenters. The Hall–Kier alpha value is -1.08. The minimum Gasteiger partial charge on any atom is -0.376 e. The number of thioether (sulfide) groups is 1. The summed E-state index contributed by atoms with van der Waals surface area (Å²) in [5.74, 6) is 1.30. The molecule has 1 amide bonds. The molecule has 1 fully saturated rings. The SMILES string of the molecule is CCCO[C@H]1CCCN(C(=O)CSc2n[nH]c(C)n2)C1. The Morgan fingerprint density at radius 1 is 1.60 bits per heavy atom. The molecule has 7 heteroatoms. The highest BCUT2D eigenvalue weighted by Gasteiger charge is 2.24. The minimum atomic E-state index is 0.141. The molecule has 0 bridgehead atoms. The van der Waals surface area contributed by atoms with Gasteiger partial charge in [-0.2, -0.15) is 0 Å². The molecule has 2 rings (SSSR count). The molecular formula is C13H22N4O2S. The summed E-state index contributed by atoms with van der Waals surface area (Å²) < 4.78 is 5.75. The van der Waals surface area contributed by atoms with Crippen molar-refractivity contribution < 1.29 is 9.53 Å². The standard InChI is InChI=1S/C13H22N4O2S/c1-3-7-19-11-5-4-6-17(8-11)12(18)9-20-13-14-10(2)15-16-13/h11H,3-9H2,1-2H3,(H,14,15,16)/t11-/m0/s1. The number of hydrogen-bond acceptors (Lipinski definition) is 5. The van der Waals surface area contributed by atoms with E-state index in [1.165, 1.54) is 11.8 Å². The molecule has 1 aromatic rings. The molecule has 6 nitrogen and oxygen atoms in total. The first-order valence-corrected chi connectivity index (χ1v) is 8.08. The van der Waals surface area contributed by atoms with Gasteiger partial charge in [0.1, 0.15) is 5.82 Å². The Kier molecular flexibility index (Phi) is 5.85. The molecule has 2 heterocycles. The summed E-state index contributed by atoms with van der Waals surface area (Å²) in [5, 5.41) is 7.43. The number of carbonyl (C=O) groups is 1. The topological polar surface area (TPSA) is 71.1 Å². The van der Waals surface area contributed by atoms with Crippen LogP contribution in [0.2, 0.25) is 0 Å². The van der Waals surface area contributed by atoms with Gasteiger partial charge < -0.3 is 9.64 Å². The second-order valence-corrected chi connectivity index (χ2v) is 5.91. The highest BCUT2D eigenvalue weighted by molar-refractivity contribution is 7.99. The fraction of sp³-hybridized carbons (Fsp3) is 0.769. The van der Waals surface area contributed by atoms with E-state index in [9.17, 15) is 4.79 Å². The Morgan fingerprint density at radius 2 is 2.45 bits per heavy atom. The number of H-pyrrole nitrogens is 1. The van der Waals surface area contributed by atoms with Gasteiger partial charge in [-0.3, -0.25) is 9.89 Å². The fourth-order valence-electron chi connectivity index (χ4n) is 2.19. The lowest BCUT2D eigenvalue weighted by atomic mass is 10.1. The van der Waals surface area contributed by atoms with Crippen molar-refractivity contribution >= 4 is 17.7 Å². The summed E-state index contributed by atoms with van der Waals surface area (Å²) in [6.45, 7) is 6.27. The Balaban J connectivity index is 1.76. The summed E-state index contributed by atoms with van der Waals surface area (Å²) in [7, 11) is 0. The lowest BCUT2D eigenvalue weighted by molar-refractivity contribution is -0.132. The zero-order valence-corrected chi connectivity index (χ0v) is 12.9. The van der Waals surface area contributed by atoms with Crippen LogP contribution in [0.1, 0.15) is 32.0 Å². The number of nitrogens with one attached hydrogen (secondary N) is 1. The Bertz CT molecular complexity index is 438. The third-order valence-electron chi connectivity index (χ3n) is 3.19. The van der Waals surface area contributed by atoms with E-state index in [1.807, 2.05) is 11.8 Å². The van der Waals surface area contributed by atoms with Crippen molar-refractivity contribution in [3.8, 4) is 0 Å². The van der Waals surface area contributed by atoms with Crippen LogP contribution in [0.25, 0.3) is 0 Å². The largest absolute Gasteiger partial charge is 0.376 e. The van der Waals surface area contributed by atoms with Gasteiger partial charge in [0, 0.05) is 19.7 Å². The molecule has 0 saturated carbocycles. The van der Waals surface area contributed by atoms with E-state index in [-0.39, 0.29) is 12.0 Å². The maximum atomic E-state index is 12.2. The van der Waals surface area contributed by atoms with E-state index in [0.29, 0.717) is 17.5 Å². The molecule has 1 aliphatic heterocycles. The lowest BCUT2D eigenvalue weighted by Gasteiger charge is -2.32. The molecule has 1 aromatic heterocycles. The number of amides is 1. The van der Waals surface area contributed by atoms with Crippen LogP contribution in [0.15, 0.2) is 5.16 Å². The van der Waals surface area contributed by atoms with Crippen molar-refractivity contribution in [3.63, 3.8) is 0 Å². The van der Waals surface area contributed by atoms with Gasteiger partial charge in [-0.25, -0.2) is 4.98 Å². The number of rotatable bonds is 6. The number of aromatic nitrogens is 3. The minimum absolute atomic E-state index is 0.141. The van der Waals surface area contributed by atoms with Crippen molar-refractivity contribution in [2.45, 2.75) is 44.4 Å². The first-order valence-electron chi connectivity index (χ1n) is 7.10. The number of piperidine rings is 1. The molecule has 0 aromatic carbocycles. The first-order chi connectivity index (χ1) is 9.69. The first kappa shape index (κ1) is 15.3. The van der Waals surface area contributed by atoms with Crippen LogP contribution in [0, 0.1) is 6.92 Å². The number of aryl methyl sites for hydroxylation is 1. The predicted molar refractivity (Wildman–Crippen MR) is 77.7 cm³/mol. The summed E-state index contributed by atoms with van der Waals surface area (Å²) in [5.41, 5.74) is 0. The van der Waals surface area contributed by atoms with E-state index in [4.69, 9.17) is 4.74 Å². The Labute approximate surface area is 123 Å². The van der Waals surface area contributed by atoms with E-state index in [1.54, 1.807) is 0 Å². The molecule has 0 radical (unpaired) electrons. The van der Waals surface area contributed by atoms with Gasteiger partial charge in [-0.1, -0.05) is 18.7 Å². The van der Waals surface area contributed by atoms with Crippen molar-refractivity contribution in [2.75, 3.05) is 25.4 Å². The van der Waals surface area contributed by atoms with Crippen LogP contribution < -0.4 is 0 Å². The second-order valence-electron chi connectivity index (χ2n) is 4.97. The van der Waals surface area contributed by atoms with Crippen LogP contribution in [-0.4, -0.2) is 57.5 Å². The van der Waals surface area contributed by atoms with E-state index >= 15 is 0 Å². The molecule has 0 unspecified atom stereocenters. The highest BCUT2D eigenvalue weighted by atomic mass is 32.2. The van der Waals surface area contributed by atoms with Crippen LogP contribution in [0.3, 0.4) is 0 Å². The van der Waals surface area contributed by atoms with Gasteiger partial charge in [0.15, 0.2) is 0 Å². The van der Waals surface area contributed by atoms with Gasteiger partial charge in [0.25, 0.3) is 0 Å². The van der Waals surface area contributed by atoms with Crippen molar-refractivity contribution in [1.82, 2.24) is 20.1 Å². The van der Waals surface area contributed by atoms with Crippen LogP contribution in [-0.2, 0) is 9.53 Å². The molecule has 0 spiro atoms. The predicted octanol–water partition coefficient (Wildman–Crippen LogP) is 1.62. The molecule has 1 N–H and O–H groups in total. The highest BCUT2D eigenvalue weighted by Crippen LogP contribution is 2.17. The van der Waals surface area contributed by atoms with E-state index in [2.05, 4.69) is 22.1 Å². The molecule has 1 saturated heterocycles. The quantitative estimate of drug-likeness (QED) is 0.808. The average Bonchev–Trinajstić information content (AvgIpc) is 2.88. The lowest BCUT2D eigenvalue weighted by Crippen LogP contribution is -2.44. The third-order valence-corrected chi connectivity index (χ3v) is 4.02. The number of aromatic amines is 1. The monoisotopic (exact) mass is 298 g/mol. The summed E-state index contributed by atoms with van der Waals surface area (Å²) in [6.07, 6.45) is 3.29. The number of likely N-dealkylation sites (tertiary alicyclic amines) is 1. The van der Waals surface area contributed by atoms with Gasteiger partial charge >= 0.3 is 0 Å². The maximum absolute atomic E-state index is 12.2. The smallest absolute Gasteiger partial charge is 0.233 e. The van der Waals surface area contributed by atoms with E-state index < -0.39 is 0 Å². The second kappa shape index (κ2) is 7.64. The van der Waals surface area contributed by atoms with Gasteiger partial charge in [0.05, 0.1) is 11.9 Å². The van der Waals surface area contributed by atoms with Crippen LogP contribution in [0.4, 0.5) is 0 Å². The average molecular weight is 298 g/mol. The maximum Gasteiger partial charge on any atom is 0.233 e. The van der Waals surface area contributed by atoms with Crippen molar-refractivity contribution in [3.05, 3.63) is 5.82 Å². The van der Waals surface area contributed by atoms with Crippen molar-refractivity contribution in [1.29, 1.82) is 0 Å². The van der Waals surface area contributed by atoms with Crippen molar-refractivity contribution in [2.24, 2.45) is 0 Å². The summed E-state index contributed by atoms with van der Waals surface area (Å²) in [4.78, 5) is 18.3. The van der Waals surface area contributed by atoms with Gasteiger partial charge in [-0.15, -0.1) is 5.10 Å². The van der Waals surface area contributed by atoms with E-state index in [0.717, 1.165) is 38.2 Å². The zero-order valence-electron chi connectivity index (χ0n) is 12.1. The molecule has 0 aliphatic carbocycles. The summed E-state index contributed by atoms with van der Waals surface area (Å²) in [6, 6.07) is 0. The van der Waals surface area contributed by atoms with Gasteiger partial charge in [-0.05, 0) is 26.2 Å². The molecule has 20 heavy (non-hydrogen) atoms.